The van der Waals surface area contributed by atoms with Gasteiger partial charge in [-0.25, -0.2) is 0 Å². The Balaban J connectivity index is 2.30. The molecule has 0 spiro atoms. The van der Waals surface area contributed by atoms with Gasteiger partial charge in [-0.3, -0.25) is 4.79 Å². The Morgan fingerprint density at radius 3 is 2.71 bits per heavy atom. The normalized spacial score (nSPS) is 22.5. The van der Waals surface area contributed by atoms with Crippen molar-refractivity contribution in [3.63, 3.8) is 0 Å². The van der Waals surface area contributed by atoms with Gasteiger partial charge in [0.25, 0.3) is 0 Å². The number of allylic oxidation sites excluding steroid dienone is 5. The van der Waals surface area contributed by atoms with Crippen molar-refractivity contribution >= 4 is 13.0 Å². The zero-order chi connectivity index (χ0) is 22.4. The van der Waals surface area contributed by atoms with Gasteiger partial charge in [0.05, 0.1) is 23.1 Å². The van der Waals surface area contributed by atoms with Crippen LogP contribution in [-0.2, 0) is 4.79 Å². The Morgan fingerprint density at radius 2 is 2.00 bits per heavy atom. The van der Waals surface area contributed by atoms with Crippen LogP contribution in [0.4, 0.5) is 0 Å². The van der Waals surface area contributed by atoms with Crippen LogP contribution in [0.1, 0.15) is 97.3 Å². The van der Waals surface area contributed by atoms with E-state index in [4.69, 9.17) is 5.73 Å². The van der Waals surface area contributed by atoms with Crippen LogP contribution in [0.3, 0.4) is 0 Å². The third-order valence-corrected chi connectivity index (χ3v) is 13.8. The minimum Gasteiger partial charge on any atom is -0.330 e. The van der Waals surface area contributed by atoms with Crippen LogP contribution in [0, 0.1) is 0 Å². The number of carbonyl (C=O) groups excluding carboxylic acids is 1. The highest BCUT2D eigenvalue weighted by atomic mass is 31.2. The number of ketones is 1. The molecule has 0 amide bonds. The van der Waals surface area contributed by atoms with Gasteiger partial charge >= 0.3 is 0 Å². The molecule has 1 fully saturated rings. The molecule has 2 nitrogen and oxygen atoms in total. The monoisotopic (exact) mass is 444 g/mol. The van der Waals surface area contributed by atoms with E-state index in [9.17, 15) is 4.79 Å². The summed E-state index contributed by atoms with van der Waals surface area (Å²) < 4.78 is 0. The van der Waals surface area contributed by atoms with Crippen molar-refractivity contribution in [3.05, 3.63) is 42.2 Å². The summed E-state index contributed by atoms with van der Waals surface area (Å²) in [6, 6.07) is 0. The van der Waals surface area contributed by atoms with Crippen LogP contribution < -0.4 is 5.73 Å². The first kappa shape index (κ1) is 26.3. The van der Waals surface area contributed by atoms with E-state index < -0.39 is 7.26 Å². The standard InChI is InChI=1S/C28H47NOP/c1-3-5-17-26(4-2)31(28-20-13-8-14-21-28,27-18-11-6-7-12-19-27)24-15-9-10-16-25(30)22-23-29/h6,9,11-12,15,18,26-28H,3-5,8,10,13-14,16-17,19-24,29H2,1-2H3/q+1/b15-9+/t26?,27-,31?/m0/s1. The lowest BCUT2D eigenvalue weighted by molar-refractivity contribution is -0.118. The highest BCUT2D eigenvalue weighted by Gasteiger charge is 2.54. The second-order valence-electron chi connectivity index (χ2n) is 9.49. The van der Waals surface area contributed by atoms with Crippen molar-refractivity contribution < 1.29 is 4.79 Å². The van der Waals surface area contributed by atoms with Crippen LogP contribution in [0.15, 0.2) is 42.2 Å². The van der Waals surface area contributed by atoms with Gasteiger partial charge in [0.2, 0.25) is 0 Å². The van der Waals surface area contributed by atoms with E-state index in [0.717, 1.165) is 24.2 Å². The molecule has 3 heteroatoms. The quantitative estimate of drug-likeness (QED) is 0.170. The fourth-order valence-electron chi connectivity index (χ4n) is 5.90. The Hall–Kier alpha value is -0.940. The van der Waals surface area contributed by atoms with Crippen molar-refractivity contribution in [3.8, 4) is 0 Å². The van der Waals surface area contributed by atoms with Crippen molar-refractivity contribution in [1.82, 2.24) is 0 Å². The molecule has 0 aromatic carbocycles. The molecule has 174 valence electrons. The van der Waals surface area contributed by atoms with Crippen molar-refractivity contribution in [2.75, 3.05) is 12.7 Å². The SMILES string of the molecule is CCCCC(CC)[P+](C/C=C/CCC(=O)CCN)(C1CCCCC1)[C@H]1C=CC=C=CC1. The predicted octanol–water partition coefficient (Wildman–Crippen LogP) is 7.60. The number of nitrogens with two attached hydrogens (primary N) is 1. The number of hydrogen-bond donors (Lipinski definition) is 1. The van der Waals surface area contributed by atoms with Gasteiger partial charge in [-0.15, -0.1) is 5.73 Å². The molecule has 2 rings (SSSR count). The Labute approximate surface area is 192 Å². The van der Waals surface area contributed by atoms with E-state index in [1.54, 1.807) is 0 Å². The second kappa shape index (κ2) is 15.0. The minimum absolute atomic E-state index is 0.304. The van der Waals surface area contributed by atoms with Crippen LogP contribution in [0.2, 0.25) is 0 Å². The molecule has 0 saturated heterocycles. The van der Waals surface area contributed by atoms with E-state index in [1.807, 2.05) is 0 Å². The number of carbonyl (C=O) groups is 1. The number of Topliss-reactive ketones (excluding diaryl/α,β-unsaturated/α-hetero) is 1. The zero-order valence-corrected chi connectivity index (χ0v) is 21.1. The average molecular weight is 445 g/mol. The molecule has 2 aliphatic rings. The Kier molecular flexibility index (Phi) is 12.7. The second-order valence-corrected chi connectivity index (χ2v) is 14.0. The van der Waals surface area contributed by atoms with Gasteiger partial charge in [0, 0.05) is 26.5 Å². The first-order valence-corrected chi connectivity index (χ1v) is 15.2. The summed E-state index contributed by atoms with van der Waals surface area (Å²) in [4.78, 5) is 11.9. The molecule has 1 saturated carbocycles. The molecule has 2 aliphatic carbocycles. The maximum absolute atomic E-state index is 11.9. The largest absolute Gasteiger partial charge is 0.330 e. The first-order valence-electron chi connectivity index (χ1n) is 13.0. The molecule has 31 heavy (non-hydrogen) atoms. The van der Waals surface area contributed by atoms with Gasteiger partial charge in [0.1, 0.15) is 5.78 Å². The summed E-state index contributed by atoms with van der Waals surface area (Å²) in [5.74, 6) is 0.304. The zero-order valence-electron chi connectivity index (χ0n) is 20.2. The van der Waals surface area contributed by atoms with Crippen molar-refractivity contribution in [1.29, 1.82) is 0 Å². The molecule has 3 atom stereocenters. The lowest BCUT2D eigenvalue weighted by atomic mass is 10.0. The number of unbranched alkanes of at least 4 members (excludes halogenated alkanes) is 1. The topological polar surface area (TPSA) is 43.1 Å². The highest BCUT2D eigenvalue weighted by molar-refractivity contribution is 7.78. The molecule has 0 bridgehead atoms. The van der Waals surface area contributed by atoms with E-state index in [1.165, 1.54) is 63.9 Å². The van der Waals surface area contributed by atoms with E-state index in [2.05, 4.69) is 56.0 Å². The van der Waals surface area contributed by atoms with Crippen LogP contribution in [-0.4, -0.2) is 35.5 Å². The molecule has 2 unspecified atom stereocenters. The number of hydrogen-bond acceptors (Lipinski definition) is 2. The van der Waals surface area contributed by atoms with Gasteiger partial charge < -0.3 is 5.73 Å². The van der Waals surface area contributed by atoms with Gasteiger partial charge in [0.15, 0.2) is 0 Å². The summed E-state index contributed by atoms with van der Waals surface area (Å²) in [7, 11) is -1.26. The fraction of sp³-hybridized carbons (Fsp3) is 0.714. The Bertz CT molecular complexity index is 639. The van der Waals surface area contributed by atoms with Gasteiger partial charge in [-0.1, -0.05) is 44.9 Å². The molecule has 0 aromatic rings. The highest BCUT2D eigenvalue weighted by Crippen LogP contribution is 2.75. The van der Waals surface area contributed by atoms with Gasteiger partial charge in [-0.05, 0) is 76.1 Å². The van der Waals surface area contributed by atoms with Crippen LogP contribution in [0.5, 0.6) is 0 Å². The minimum atomic E-state index is -1.26. The Morgan fingerprint density at radius 1 is 1.19 bits per heavy atom. The summed E-state index contributed by atoms with van der Waals surface area (Å²) in [5, 5.41) is 0. The maximum Gasteiger partial charge on any atom is 0.134 e. The summed E-state index contributed by atoms with van der Waals surface area (Å²) >= 11 is 0. The van der Waals surface area contributed by atoms with Crippen LogP contribution in [0.25, 0.3) is 0 Å². The van der Waals surface area contributed by atoms with Crippen LogP contribution >= 0.6 is 7.26 Å². The molecular formula is C28H47NOP+. The van der Waals surface area contributed by atoms with Gasteiger partial charge in [-0.2, -0.15) is 0 Å². The molecule has 0 aromatic heterocycles. The first-order chi connectivity index (χ1) is 15.2. The lowest BCUT2D eigenvalue weighted by Crippen LogP contribution is -2.34. The molecular weight excluding hydrogens is 397 g/mol. The third kappa shape index (κ3) is 7.85. The molecule has 0 radical (unpaired) electrons. The summed E-state index contributed by atoms with van der Waals surface area (Å²) in [6.45, 7) is 5.26. The smallest absolute Gasteiger partial charge is 0.134 e. The lowest BCUT2D eigenvalue weighted by Gasteiger charge is -2.45. The van der Waals surface area contributed by atoms with E-state index in [-0.39, 0.29) is 0 Å². The predicted molar refractivity (Wildman–Crippen MR) is 140 cm³/mol. The van der Waals surface area contributed by atoms with E-state index in [0.29, 0.717) is 30.8 Å². The third-order valence-electron chi connectivity index (χ3n) is 7.52. The number of rotatable bonds is 14. The average Bonchev–Trinajstić information content (AvgIpc) is 3.08. The molecule has 0 heterocycles. The molecule has 0 aliphatic heterocycles. The fourth-order valence-corrected chi connectivity index (χ4v) is 12.5. The van der Waals surface area contributed by atoms with Crippen molar-refractivity contribution in [2.24, 2.45) is 5.73 Å². The summed E-state index contributed by atoms with van der Waals surface area (Å²) in [6.07, 6.45) is 30.9. The summed E-state index contributed by atoms with van der Waals surface area (Å²) in [5.41, 5.74) is 11.4. The van der Waals surface area contributed by atoms with Crippen molar-refractivity contribution in [2.45, 2.75) is 114 Å². The van der Waals surface area contributed by atoms with E-state index >= 15 is 0 Å². The molecule has 2 N–H and O–H groups in total. The maximum atomic E-state index is 11.9.